The van der Waals surface area contributed by atoms with Crippen LogP contribution in [0.25, 0.3) is 5.69 Å². The van der Waals surface area contributed by atoms with Gasteiger partial charge >= 0.3 is 0 Å². The zero-order valence-corrected chi connectivity index (χ0v) is 22.5. The van der Waals surface area contributed by atoms with Crippen LogP contribution in [0.5, 0.6) is 11.5 Å². The van der Waals surface area contributed by atoms with Crippen molar-refractivity contribution < 1.29 is 14.4 Å². The maximum absolute atomic E-state index is 11.7. The van der Waals surface area contributed by atoms with Crippen molar-refractivity contribution in [2.75, 3.05) is 13.2 Å². The second-order valence-electron chi connectivity index (χ2n) is 7.98. The first-order chi connectivity index (χ1) is 17.9. The zero-order valence-electron chi connectivity index (χ0n) is 20.1. The number of nitrogens with zero attached hydrogens (tertiary/aromatic N) is 4. The first-order valence-corrected chi connectivity index (χ1v) is 13.1. The molecule has 0 N–H and O–H groups in total. The van der Waals surface area contributed by atoms with E-state index < -0.39 is 5.25 Å². The first-order valence-electron chi connectivity index (χ1n) is 11.4. The van der Waals surface area contributed by atoms with E-state index in [2.05, 4.69) is 10.2 Å². The average molecular weight is 559 g/mol. The molecule has 0 radical (unpaired) electrons. The van der Waals surface area contributed by atoms with E-state index in [1.165, 1.54) is 11.8 Å². The lowest BCUT2D eigenvalue weighted by Gasteiger charge is -2.18. The second-order valence-corrected chi connectivity index (χ2v) is 9.99. The Morgan fingerprint density at radius 1 is 1.05 bits per heavy atom. The van der Waals surface area contributed by atoms with Crippen molar-refractivity contribution in [1.82, 2.24) is 14.8 Å². The molecule has 0 saturated carbocycles. The summed E-state index contributed by atoms with van der Waals surface area (Å²) in [6.45, 7) is 4.18. The number of aromatic nitrogens is 3. The van der Waals surface area contributed by atoms with Crippen molar-refractivity contribution in [1.29, 1.82) is 0 Å². The summed E-state index contributed by atoms with van der Waals surface area (Å²) in [7, 11) is 0. The highest BCUT2D eigenvalue weighted by Gasteiger charge is 2.26. The van der Waals surface area contributed by atoms with Crippen LogP contribution in [0.3, 0.4) is 0 Å². The van der Waals surface area contributed by atoms with Gasteiger partial charge in [0.2, 0.25) is 6.54 Å². The third-order valence-electron chi connectivity index (χ3n) is 5.43. The molecule has 0 unspecified atom stereocenters. The number of hydrogen-bond acceptors (Lipinski definition) is 7. The third-order valence-corrected chi connectivity index (χ3v) is 7.18. The third kappa shape index (κ3) is 6.74. The Kier molecular flexibility index (Phi) is 8.91. The molecule has 1 heterocycles. The van der Waals surface area contributed by atoms with Gasteiger partial charge in [-0.3, -0.25) is 14.7 Å². The van der Waals surface area contributed by atoms with Crippen molar-refractivity contribution in [3.05, 3.63) is 104 Å². The van der Waals surface area contributed by atoms with Crippen molar-refractivity contribution >= 4 is 35.0 Å². The Hall–Kier alpha value is -3.27. The van der Waals surface area contributed by atoms with Crippen LogP contribution in [0.2, 0.25) is 10.0 Å². The molecule has 1 aromatic heterocycles. The molecule has 0 fully saturated rings. The predicted molar refractivity (Wildman–Crippen MR) is 145 cm³/mol. The van der Waals surface area contributed by atoms with Gasteiger partial charge in [-0.25, -0.2) is 0 Å². The molecule has 0 bridgehead atoms. The van der Waals surface area contributed by atoms with E-state index in [9.17, 15) is 10.1 Å². The van der Waals surface area contributed by atoms with Gasteiger partial charge in [0.15, 0.2) is 5.16 Å². The molecule has 0 saturated heterocycles. The van der Waals surface area contributed by atoms with E-state index in [4.69, 9.17) is 32.7 Å². The first kappa shape index (κ1) is 26.8. The molecule has 3 aromatic carbocycles. The lowest BCUT2D eigenvalue weighted by Crippen LogP contribution is -2.12. The van der Waals surface area contributed by atoms with E-state index in [-0.39, 0.29) is 18.1 Å². The standard InChI is InChI=1S/C26H24Cl2N4O4S/c1-3-35-21-12-10-20(11-13-21)32-17(2)29-30-26(32)37-25(15-31(33)34)22-6-4-5-7-24(22)36-16-18-8-9-19(27)14-23(18)28/h4-14,25H,3,15-16H2,1-2H3/t25-/m1/s1. The summed E-state index contributed by atoms with van der Waals surface area (Å²) >= 11 is 13.6. The van der Waals surface area contributed by atoms with Crippen molar-refractivity contribution in [2.24, 2.45) is 0 Å². The van der Waals surface area contributed by atoms with Gasteiger partial charge in [-0.15, -0.1) is 10.2 Å². The number of nitro groups is 1. The molecule has 192 valence electrons. The molecule has 8 nitrogen and oxygen atoms in total. The van der Waals surface area contributed by atoms with Crippen molar-refractivity contribution in [2.45, 2.75) is 30.9 Å². The summed E-state index contributed by atoms with van der Waals surface area (Å²) in [6, 6.07) is 20.0. The fourth-order valence-electron chi connectivity index (χ4n) is 3.71. The molecular formula is C26H24Cl2N4O4S. The topological polar surface area (TPSA) is 92.3 Å². The Balaban J connectivity index is 1.62. The fourth-order valence-corrected chi connectivity index (χ4v) is 5.37. The summed E-state index contributed by atoms with van der Waals surface area (Å²) in [5, 5.41) is 21.2. The predicted octanol–water partition coefficient (Wildman–Crippen LogP) is 6.97. The number of hydrogen-bond donors (Lipinski definition) is 0. The fraction of sp³-hybridized carbons (Fsp3) is 0.231. The van der Waals surface area contributed by atoms with E-state index >= 15 is 0 Å². The van der Waals surface area contributed by atoms with Crippen LogP contribution < -0.4 is 9.47 Å². The Morgan fingerprint density at radius 3 is 2.51 bits per heavy atom. The summed E-state index contributed by atoms with van der Waals surface area (Å²) in [6.07, 6.45) is 0. The maximum atomic E-state index is 11.7. The highest BCUT2D eigenvalue weighted by Crippen LogP contribution is 2.40. The minimum atomic E-state index is -0.586. The molecule has 1 atom stereocenters. The van der Waals surface area contributed by atoms with E-state index in [0.29, 0.717) is 38.9 Å². The maximum Gasteiger partial charge on any atom is 0.220 e. The van der Waals surface area contributed by atoms with Crippen LogP contribution in [0.4, 0.5) is 0 Å². The molecule has 0 aliphatic heterocycles. The number of rotatable bonds is 11. The van der Waals surface area contributed by atoms with Crippen LogP contribution in [-0.4, -0.2) is 32.8 Å². The Bertz CT molecular complexity index is 1380. The van der Waals surface area contributed by atoms with Gasteiger partial charge in [-0.1, -0.05) is 59.2 Å². The Morgan fingerprint density at radius 2 is 1.81 bits per heavy atom. The summed E-state index contributed by atoms with van der Waals surface area (Å²) < 4.78 is 13.5. The molecule has 0 amide bonds. The molecule has 0 spiro atoms. The van der Waals surface area contributed by atoms with Crippen molar-refractivity contribution in [3.63, 3.8) is 0 Å². The lowest BCUT2D eigenvalue weighted by atomic mass is 10.1. The number of ether oxygens (including phenoxy) is 2. The van der Waals surface area contributed by atoms with Gasteiger partial charge in [-0.05, 0) is 56.3 Å². The lowest BCUT2D eigenvalue weighted by molar-refractivity contribution is -0.479. The highest BCUT2D eigenvalue weighted by molar-refractivity contribution is 7.99. The normalized spacial score (nSPS) is 11.8. The molecule has 11 heteroatoms. The number of halogens is 2. The molecule has 0 aliphatic rings. The molecular weight excluding hydrogens is 535 g/mol. The summed E-state index contributed by atoms with van der Waals surface area (Å²) in [5.74, 6) is 1.94. The zero-order chi connectivity index (χ0) is 26.4. The minimum absolute atomic E-state index is 0.185. The van der Waals surface area contributed by atoms with Gasteiger partial charge in [0.1, 0.15) is 29.2 Å². The summed E-state index contributed by atoms with van der Waals surface area (Å²) in [4.78, 5) is 11.3. The molecule has 4 rings (SSSR count). The van der Waals surface area contributed by atoms with Crippen LogP contribution in [-0.2, 0) is 6.61 Å². The second kappa shape index (κ2) is 12.3. The average Bonchev–Trinajstić information content (AvgIpc) is 3.23. The van der Waals surface area contributed by atoms with Gasteiger partial charge < -0.3 is 9.47 Å². The molecule has 37 heavy (non-hydrogen) atoms. The summed E-state index contributed by atoms with van der Waals surface area (Å²) in [5.41, 5.74) is 2.26. The van der Waals surface area contributed by atoms with Gasteiger partial charge in [0, 0.05) is 31.8 Å². The van der Waals surface area contributed by atoms with Crippen molar-refractivity contribution in [3.8, 4) is 17.2 Å². The van der Waals surface area contributed by atoms with Gasteiger partial charge in [0.05, 0.1) is 6.61 Å². The van der Waals surface area contributed by atoms with Crippen LogP contribution >= 0.6 is 35.0 Å². The Labute approximate surface area is 228 Å². The van der Waals surface area contributed by atoms with E-state index in [1.807, 2.05) is 60.9 Å². The quantitative estimate of drug-likeness (QED) is 0.111. The number of aryl methyl sites for hydroxylation is 1. The van der Waals surface area contributed by atoms with Gasteiger partial charge in [0.25, 0.3) is 0 Å². The monoisotopic (exact) mass is 558 g/mol. The van der Waals surface area contributed by atoms with Crippen LogP contribution in [0.15, 0.2) is 71.9 Å². The molecule has 0 aliphatic carbocycles. The number of benzene rings is 3. The SMILES string of the molecule is CCOc1ccc(-n2c(C)nnc2S[C@H](C[N+](=O)[O-])c2ccccc2OCc2ccc(Cl)cc2Cl)cc1. The van der Waals surface area contributed by atoms with Crippen LogP contribution in [0, 0.1) is 17.0 Å². The minimum Gasteiger partial charge on any atom is -0.494 e. The molecule has 4 aromatic rings. The number of para-hydroxylation sites is 1. The van der Waals surface area contributed by atoms with Gasteiger partial charge in [-0.2, -0.15) is 0 Å². The van der Waals surface area contributed by atoms with E-state index in [0.717, 1.165) is 17.0 Å². The van der Waals surface area contributed by atoms with Crippen LogP contribution in [0.1, 0.15) is 29.1 Å². The van der Waals surface area contributed by atoms with E-state index in [1.54, 1.807) is 24.3 Å². The smallest absolute Gasteiger partial charge is 0.220 e. The highest BCUT2D eigenvalue weighted by atomic mass is 35.5. The largest absolute Gasteiger partial charge is 0.494 e. The number of thioether (sulfide) groups is 1.